The lowest BCUT2D eigenvalue weighted by Crippen LogP contribution is -2.44. The fraction of sp³-hybridized carbons (Fsp3) is 0.909. The topological polar surface area (TPSA) is 36.3 Å². The zero-order chi connectivity index (χ0) is 10.4. The van der Waals surface area contributed by atoms with Gasteiger partial charge in [-0.05, 0) is 32.7 Å². The molecule has 0 spiro atoms. The van der Waals surface area contributed by atoms with Crippen LogP contribution in [0.25, 0.3) is 0 Å². The Labute approximate surface area is 86.6 Å². The lowest BCUT2D eigenvalue weighted by Gasteiger charge is -2.34. The third kappa shape index (κ3) is 2.97. The van der Waals surface area contributed by atoms with Crippen LogP contribution in [0, 0.1) is 11.3 Å². The Balaban J connectivity index is 2.43. The number of likely N-dealkylation sites (tertiary alicyclic amines) is 1. The Morgan fingerprint density at radius 3 is 2.93 bits per heavy atom. The first kappa shape index (κ1) is 11.5. The summed E-state index contributed by atoms with van der Waals surface area (Å²) in [7, 11) is 0. The number of ether oxygens (including phenoxy) is 1. The maximum absolute atomic E-state index is 8.96. The van der Waals surface area contributed by atoms with Crippen LogP contribution < -0.4 is 0 Å². The molecule has 1 rings (SSSR count). The largest absolute Gasteiger partial charge is 0.377 e. The van der Waals surface area contributed by atoms with E-state index in [2.05, 4.69) is 17.9 Å². The third-order valence-corrected chi connectivity index (χ3v) is 2.79. The Hall–Kier alpha value is -0.590. The second-order valence-corrected chi connectivity index (χ2v) is 3.77. The van der Waals surface area contributed by atoms with Gasteiger partial charge in [0.25, 0.3) is 0 Å². The average Bonchev–Trinajstić information content (AvgIpc) is 2.21. The molecule has 0 N–H and O–H groups in total. The maximum Gasteiger partial charge on any atom is 0.0976 e. The summed E-state index contributed by atoms with van der Waals surface area (Å²) in [4.78, 5) is 2.25. The van der Waals surface area contributed by atoms with E-state index in [-0.39, 0.29) is 6.04 Å². The van der Waals surface area contributed by atoms with Crippen LogP contribution in [0.4, 0.5) is 0 Å². The van der Waals surface area contributed by atoms with Gasteiger partial charge in [0, 0.05) is 13.2 Å². The fourth-order valence-electron chi connectivity index (χ4n) is 2.05. The monoisotopic (exact) mass is 196 g/mol. The summed E-state index contributed by atoms with van der Waals surface area (Å²) in [6, 6.07) is 2.44. The Kier molecular flexibility index (Phi) is 4.92. The van der Waals surface area contributed by atoms with Gasteiger partial charge in [0.15, 0.2) is 0 Å². The Morgan fingerprint density at radius 2 is 2.36 bits per heavy atom. The highest BCUT2D eigenvalue weighted by atomic mass is 16.5. The first-order valence-corrected chi connectivity index (χ1v) is 5.57. The summed E-state index contributed by atoms with van der Waals surface area (Å²) >= 11 is 0. The number of hydrogen-bond acceptors (Lipinski definition) is 3. The van der Waals surface area contributed by atoms with Gasteiger partial charge in [-0.15, -0.1) is 0 Å². The quantitative estimate of drug-likeness (QED) is 0.687. The highest BCUT2D eigenvalue weighted by molar-refractivity contribution is 4.93. The van der Waals surface area contributed by atoms with E-state index < -0.39 is 0 Å². The number of nitriles is 1. The van der Waals surface area contributed by atoms with Crippen LogP contribution in [0.3, 0.4) is 0 Å². The standard InChI is InChI=1S/C11H20N2O/c1-3-10(8-12)13-7-5-6-11(9-13)14-4-2/h10-11H,3-7,9H2,1-2H3. The number of nitrogens with zero attached hydrogens (tertiary/aromatic N) is 2. The van der Waals surface area contributed by atoms with Crippen LogP contribution in [0.5, 0.6) is 0 Å². The zero-order valence-electron chi connectivity index (χ0n) is 9.20. The molecule has 1 aliphatic rings. The van der Waals surface area contributed by atoms with Crippen LogP contribution in [-0.4, -0.2) is 36.7 Å². The smallest absolute Gasteiger partial charge is 0.0976 e. The van der Waals surface area contributed by atoms with E-state index in [1.165, 1.54) is 0 Å². The van der Waals surface area contributed by atoms with Gasteiger partial charge in [-0.1, -0.05) is 6.92 Å². The van der Waals surface area contributed by atoms with Crippen molar-refractivity contribution in [1.29, 1.82) is 5.26 Å². The summed E-state index contributed by atoms with van der Waals surface area (Å²) in [5.41, 5.74) is 0. The zero-order valence-corrected chi connectivity index (χ0v) is 9.20. The molecule has 2 unspecified atom stereocenters. The first-order chi connectivity index (χ1) is 6.81. The van der Waals surface area contributed by atoms with Crippen LogP contribution in [0.1, 0.15) is 33.1 Å². The van der Waals surface area contributed by atoms with Gasteiger partial charge in [-0.2, -0.15) is 5.26 Å². The molecule has 1 aliphatic heterocycles. The predicted molar refractivity (Wildman–Crippen MR) is 55.9 cm³/mol. The molecule has 2 atom stereocenters. The van der Waals surface area contributed by atoms with Crippen molar-refractivity contribution in [2.75, 3.05) is 19.7 Å². The number of hydrogen-bond donors (Lipinski definition) is 0. The predicted octanol–water partition coefficient (Wildman–Crippen LogP) is 1.79. The minimum Gasteiger partial charge on any atom is -0.377 e. The van der Waals surface area contributed by atoms with E-state index in [0.717, 1.165) is 39.0 Å². The first-order valence-electron chi connectivity index (χ1n) is 5.57. The summed E-state index contributed by atoms with van der Waals surface area (Å²) in [6.45, 7) is 6.86. The molecular weight excluding hydrogens is 176 g/mol. The number of piperidine rings is 1. The highest BCUT2D eigenvalue weighted by Gasteiger charge is 2.24. The molecule has 0 radical (unpaired) electrons. The summed E-state index contributed by atoms with van der Waals surface area (Å²) in [5, 5.41) is 8.96. The van der Waals surface area contributed by atoms with Gasteiger partial charge in [0.2, 0.25) is 0 Å². The molecule has 0 aromatic heterocycles. The second kappa shape index (κ2) is 6.00. The molecule has 0 aromatic rings. The molecule has 0 aromatic carbocycles. The van der Waals surface area contributed by atoms with Crippen LogP contribution in [0.15, 0.2) is 0 Å². The fourth-order valence-corrected chi connectivity index (χ4v) is 2.05. The van der Waals surface area contributed by atoms with Gasteiger partial charge in [0.05, 0.1) is 18.2 Å². The normalized spacial score (nSPS) is 25.6. The Morgan fingerprint density at radius 1 is 1.57 bits per heavy atom. The summed E-state index contributed by atoms with van der Waals surface area (Å²) < 4.78 is 5.60. The lowest BCUT2D eigenvalue weighted by molar-refractivity contribution is -0.00112. The van der Waals surface area contributed by atoms with Crippen molar-refractivity contribution >= 4 is 0 Å². The van der Waals surface area contributed by atoms with Gasteiger partial charge < -0.3 is 4.74 Å². The molecular formula is C11H20N2O. The van der Waals surface area contributed by atoms with Crippen molar-refractivity contribution in [3.8, 4) is 6.07 Å². The van der Waals surface area contributed by atoms with Gasteiger partial charge in [0.1, 0.15) is 0 Å². The molecule has 3 heteroatoms. The molecule has 1 saturated heterocycles. The van der Waals surface area contributed by atoms with E-state index in [0.29, 0.717) is 6.10 Å². The SMILES string of the molecule is CCOC1CCCN(C(C#N)CC)C1. The molecule has 0 bridgehead atoms. The van der Waals surface area contributed by atoms with Crippen molar-refractivity contribution in [3.63, 3.8) is 0 Å². The minimum atomic E-state index is 0.0817. The van der Waals surface area contributed by atoms with Crippen LogP contribution in [0.2, 0.25) is 0 Å². The van der Waals surface area contributed by atoms with Gasteiger partial charge in [-0.3, -0.25) is 4.90 Å². The van der Waals surface area contributed by atoms with E-state index >= 15 is 0 Å². The van der Waals surface area contributed by atoms with Crippen molar-refractivity contribution in [2.24, 2.45) is 0 Å². The highest BCUT2D eigenvalue weighted by Crippen LogP contribution is 2.16. The summed E-state index contributed by atoms with van der Waals surface area (Å²) in [6.07, 6.45) is 3.56. The van der Waals surface area contributed by atoms with Crippen LogP contribution in [-0.2, 0) is 4.74 Å². The molecule has 0 saturated carbocycles. The average molecular weight is 196 g/mol. The van der Waals surface area contributed by atoms with E-state index in [9.17, 15) is 0 Å². The van der Waals surface area contributed by atoms with Gasteiger partial charge in [-0.25, -0.2) is 0 Å². The molecule has 0 amide bonds. The molecule has 1 heterocycles. The summed E-state index contributed by atoms with van der Waals surface area (Å²) in [5.74, 6) is 0. The maximum atomic E-state index is 8.96. The second-order valence-electron chi connectivity index (χ2n) is 3.77. The number of rotatable bonds is 4. The van der Waals surface area contributed by atoms with Gasteiger partial charge >= 0.3 is 0 Å². The van der Waals surface area contributed by atoms with E-state index in [1.54, 1.807) is 0 Å². The molecule has 14 heavy (non-hydrogen) atoms. The van der Waals surface area contributed by atoms with Crippen molar-refractivity contribution in [3.05, 3.63) is 0 Å². The van der Waals surface area contributed by atoms with Crippen molar-refractivity contribution in [2.45, 2.75) is 45.3 Å². The minimum absolute atomic E-state index is 0.0817. The molecule has 3 nitrogen and oxygen atoms in total. The molecule has 80 valence electrons. The van der Waals surface area contributed by atoms with Crippen molar-refractivity contribution < 1.29 is 4.74 Å². The molecule has 0 aliphatic carbocycles. The molecule has 1 fully saturated rings. The van der Waals surface area contributed by atoms with Crippen molar-refractivity contribution in [1.82, 2.24) is 4.90 Å². The Bertz CT molecular complexity index is 198. The lowest BCUT2D eigenvalue weighted by atomic mass is 10.1. The third-order valence-electron chi connectivity index (χ3n) is 2.79. The van der Waals surface area contributed by atoms with E-state index in [4.69, 9.17) is 10.00 Å². The van der Waals surface area contributed by atoms with Crippen LogP contribution >= 0.6 is 0 Å². The van der Waals surface area contributed by atoms with E-state index in [1.807, 2.05) is 6.92 Å².